The van der Waals surface area contributed by atoms with E-state index in [9.17, 15) is 13.6 Å². The van der Waals surface area contributed by atoms with Crippen molar-refractivity contribution in [3.8, 4) is 0 Å². The number of hydrogen-bond donors (Lipinski definition) is 0. The summed E-state index contributed by atoms with van der Waals surface area (Å²) in [4.78, 5) is 13.4. The second kappa shape index (κ2) is 4.03. The smallest absolute Gasteiger partial charge is 0.276 e. The number of nitrogens with zero attached hydrogens (tertiary/aromatic N) is 2. The molecule has 1 aromatic heterocycles. The first-order valence-corrected chi connectivity index (χ1v) is 6.19. The number of halogens is 2. The maximum atomic E-state index is 13.0. The van der Waals surface area contributed by atoms with Gasteiger partial charge in [0.15, 0.2) is 5.69 Å². The lowest BCUT2D eigenvalue weighted by Crippen LogP contribution is -2.42. The van der Waals surface area contributed by atoms with Crippen LogP contribution in [0.15, 0.2) is 10.6 Å². The molecule has 1 aliphatic carbocycles. The molecule has 4 nitrogen and oxygen atoms in total. The van der Waals surface area contributed by atoms with Crippen LogP contribution in [0.4, 0.5) is 8.78 Å². The number of carbonyl (C=O) groups excluding carboxylic acids is 1. The van der Waals surface area contributed by atoms with E-state index < -0.39 is 5.92 Å². The molecule has 0 bridgehead atoms. The molecule has 18 heavy (non-hydrogen) atoms. The van der Waals surface area contributed by atoms with Gasteiger partial charge in [-0.1, -0.05) is 5.16 Å². The van der Waals surface area contributed by atoms with E-state index in [1.165, 1.54) is 4.90 Å². The average Bonchev–Trinajstić information content (AvgIpc) is 3.06. The molecule has 1 saturated carbocycles. The zero-order chi connectivity index (χ0) is 12.8. The average molecular weight is 256 g/mol. The van der Waals surface area contributed by atoms with E-state index in [0.29, 0.717) is 5.92 Å². The fourth-order valence-electron chi connectivity index (χ4n) is 2.15. The van der Waals surface area contributed by atoms with Crippen molar-refractivity contribution in [2.24, 2.45) is 0 Å². The third-order valence-electron chi connectivity index (χ3n) is 3.51. The van der Waals surface area contributed by atoms with Crippen molar-refractivity contribution in [3.63, 3.8) is 0 Å². The van der Waals surface area contributed by atoms with Crippen LogP contribution in [0.1, 0.15) is 47.8 Å². The molecule has 0 atom stereocenters. The van der Waals surface area contributed by atoms with Crippen molar-refractivity contribution in [2.75, 3.05) is 13.1 Å². The number of hydrogen-bond acceptors (Lipinski definition) is 3. The zero-order valence-corrected chi connectivity index (χ0v) is 9.86. The Morgan fingerprint density at radius 1 is 1.39 bits per heavy atom. The minimum Gasteiger partial charge on any atom is -0.360 e. The third-order valence-corrected chi connectivity index (χ3v) is 3.51. The first-order valence-electron chi connectivity index (χ1n) is 6.19. The summed E-state index contributed by atoms with van der Waals surface area (Å²) in [6.45, 7) is 0.162. The van der Waals surface area contributed by atoms with Crippen molar-refractivity contribution < 1.29 is 18.1 Å². The summed E-state index contributed by atoms with van der Waals surface area (Å²) in [6, 6.07) is 1.65. The molecule has 2 heterocycles. The summed E-state index contributed by atoms with van der Waals surface area (Å²) in [7, 11) is 0. The summed E-state index contributed by atoms with van der Waals surface area (Å²) in [5.74, 6) is -1.81. The van der Waals surface area contributed by atoms with Gasteiger partial charge in [-0.05, 0) is 12.8 Å². The summed E-state index contributed by atoms with van der Waals surface area (Å²) in [6.07, 6.45) is 1.59. The molecule has 3 rings (SSSR count). The van der Waals surface area contributed by atoms with E-state index in [0.717, 1.165) is 18.6 Å². The van der Waals surface area contributed by atoms with Gasteiger partial charge in [0, 0.05) is 37.9 Å². The highest BCUT2D eigenvalue weighted by Crippen LogP contribution is 2.40. The second-order valence-electron chi connectivity index (χ2n) is 5.04. The Labute approximate surface area is 103 Å². The molecule has 98 valence electrons. The van der Waals surface area contributed by atoms with Gasteiger partial charge in [-0.2, -0.15) is 0 Å². The quantitative estimate of drug-likeness (QED) is 0.816. The third kappa shape index (κ3) is 2.23. The molecule has 2 aliphatic rings. The Balaban J connectivity index is 1.66. The standard InChI is InChI=1S/C12H14F2N2O2/c13-12(14)3-5-16(6-4-12)11(17)9-7-10(18-15-9)8-1-2-8/h7-8H,1-6H2. The number of carbonyl (C=O) groups is 1. The molecule has 6 heteroatoms. The van der Waals surface area contributed by atoms with E-state index >= 15 is 0 Å². The van der Waals surface area contributed by atoms with Gasteiger partial charge in [-0.15, -0.1) is 0 Å². The van der Waals surface area contributed by atoms with Crippen LogP contribution in [0.2, 0.25) is 0 Å². The molecular formula is C12H14F2N2O2. The van der Waals surface area contributed by atoms with Crippen LogP contribution in [-0.2, 0) is 0 Å². The number of rotatable bonds is 2. The van der Waals surface area contributed by atoms with Gasteiger partial charge in [-0.25, -0.2) is 8.78 Å². The SMILES string of the molecule is O=C(c1cc(C2CC2)on1)N1CCC(F)(F)CC1. The molecule has 1 aromatic rings. The Bertz CT molecular complexity index is 458. The fraction of sp³-hybridized carbons (Fsp3) is 0.667. The summed E-state index contributed by atoms with van der Waals surface area (Å²) >= 11 is 0. The Morgan fingerprint density at radius 2 is 2.06 bits per heavy atom. The highest BCUT2D eigenvalue weighted by Gasteiger charge is 2.37. The number of amides is 1. The molecule has 1 saturated heterocycles. The van der Waals surface area contributed by atoms with Gasteiger partial charge in [0.25, 0.3) is 11.8 Å². The van der Waals surface area contributed by atoms with Crippen LogP contribution >= 0.6 is 0 Å². The normalized spacial score (nSPS) is 23.1. The van der Waals surface area contributed by atoms with E-state index in [-0.39, 0.29) is 37.5 Å². The minimum atomic E-state index is -2.64. The van der Waals surface area contributed by atoms with Gasteiger partial charge in [0.2, 0.25) is 0 Å². The monoisotopic (exact) mass is 256 g/mol. The Hall–Kier alpha value is -1.46. The molecule has 1 aliphatic heterocycles. The molecule has 0 unspecified atom stereocenters. The van der Waals surface area contributed by atoms with Crippen LogP contribution in [0.5, 0.6) is 0 Å². The Kier molecular flexibility index (Phi) is 2.60. The maximum Gasteiger partial charge on any atom is 0.276 e. The van der Waals surface area contributed by atoms with Crippen LogP contribution in [0.25, 0.3) is 0 Å². The highest BCUT2D eigenvalue weighted by molar-refractivity contribution is 5.92. The van der Waals surface area contributed by atoms with Crippen molar-refractivity contribution in [3.05, 3.63) is 17.5 Å². The highest BCUT2D eigenvalue weighted by atomic mass is 19.3. The van der Waals surface area contributed by atoms with Crippen molar-refractivity contribution in [1.82, 2.24) is 10.1 Å². The molecule has 2 fully saturated rings. The maximum absolute atomic E-state index is 13.0. The summed E-state index contributed by atoms with van der Waals surface area (Å²) in [5, 5.41) is 3.74. The van der Waals surface area contributed by atoms with Gasteiger partial charge >= 0.3 is 0 Å². The van der Waals surface area contributed by atoms with Crippen molar-refractivity contribution >= 4 is 5.91 Å². The molecule has 0 radical (unpaired) electrons. The van der Waals surface area contributed by atoms with Gasteiger partial charge in [0.05, 0.1) is 0 Å². The van der Waals surface area contributed by atoms with Gasteiger partial charge in [0.1, 0.15) is 5.76 Å². The zero-order valence-electron chi connectivity index (χ0n) is 9.86. The van der Waals surface area contributed by atoms with Crippen LogP contribution < -0.4 is 0 Å². The van der Waals surface area contributed by atoms with E-state index in [1.807, 2.05) is 0 Å². The lowest BCUT2D eigenvalue weighted by molar-refractivity contribution is -0.0495. The van der Waals surface area contributed by atoms with Crippen molar-refractivity contribution in [2.45, 2.75) is 37.5 Å². The predicted molar refractivity (Wildman–Crippen MR) is 58.6 cm³/mol. The van der Waals surface area contributed by atoms with E-state index in [1.54, 1.807) is 6.07 Å². The predicted octanol–water partition coefficient (Wildman–Crippen LogP) is 2.42. The molecule has 0 aromatic carbocycles. The lowest BCUT2D eigenvalue weighted by atomic mass is 10.1. The van der Waals surface area contributed by atoms with Crippen LogP contribution in [0.3, 0.4) is 0 Å². The van der Waals surface area contributed by atoms with Crippen molar-refractivity contribution in [1.29, 1.82) is 0 Å². The van der Waals surface area contributed by atoms with E-state index in [2.05, 4.69) is 5.16 Å². The number of aromatic nitrogens is 1. The lowest BCUT2D eigenvalue weighted by Gasteiger charge is -2.31. The molecular weight excluding hydrogens is 242 g/mol. The van der Waals surface area contributed by atoms with Gasteiger partial charge < -0.3 is 9.42 Å². The first-order chi connectivity index (χ1) is 8.55. The molecule has 1 amide bonds. The summed E-state index contributed by atoms with van der Waals surface area (Å²) in [5.41, 5.74) is 0.238. The van der Waals surface area contributed by atoms with Gasteiger partial charge in [-0.3, -0.25) is 4.79 Å². The Morgan fingerprint density at radius 3 is 2.67 bits per heavy atom. The van der Waals surface area contributed by atoms with Crippen LogP contribution in [0, 0.1) is 0 Å². The van der Waals surface area contributed by atoms with Crippen LogP contribution in [-0.4, -0.2) is 35.0 Å². The largest absolute Gasteiger partial charge is 0.360 e. The first kappa shape index (κ1) is 11.6. The number of alkyl halides is 2. The molecule has 0 N–H and O–H groups in total. The number of likely N-dealkylation sites (tertiary alicyclic amines) is 1. The molecule has 0 spiro atoms. The minimum absolute atomic E-state index is 0.0808. The van der Waals surface area contributed by atoms with E-state index in [4.69, 9.17) is 4.52 Å². The number of piperidine rings is 1. The topological polar surface area (TPSA) is 46.3 Å². The second-order valence-corrected chi connectivity index (χ2v) is 5.04. The summed E-state index contributed by atoms with van der Waals surface area (Å²) < 4.78 is 31.1. The fourth-order valence-corrected chi connectivity index (χ4v) is 2.15.